The number of fused-ring (bicyclic) bond motifs is 1. The molecule has 0 radical (unpaired) electrons. The van der Waals surface area contributed by atoms with Crippen LogP contribution in [-0.2, 0) is 4.74 Å². The van der Waals surface area contributed by atoms with Crippen LogP contribution in [0, 0.1) is 6.92 Å². The Kier molecular flexibility index (Phi) is 4.76. The fourth-order valence-corrected chi connectivity index (χ4v) is 3.18. The normalized spacial score (nSPS) is 18.9. The summed E-state index contributed by atoms with van der Waals surface area (Å²) in [6.07, 6.45) is 1.63. The van der Waals surface area contributed by atoms with Crippen molar-refractivity contribution in [1.29, 1.82) is 0 Å². The largest absolute Gasteiger partial charge is 0.440 e. The maximum atomic E-state index is 9.81. The number of methoxy groups -OCH3 is 1. The van der Waals surface area contributed by atoms with Gasteiger partial charge in [-0.2, -0.15) is 0 Å². The lowest BCUT2D eigenvalue weighted by atomic mass is 9.96. The number of benzene rings is 1. The van der Waals surface area contributed by atoms with Crippen molar-refractivity contribution in [2.45, 2.75) is 31.8 Å². The summed E-state index contributed by atoms with van der Waals surface area (Å²) in [6.45, 7) is 5.04. The summed E-state index contributed by atoms with van der Waals surface area (Å²) in [7, 11) is 1.62. The second-order valence-electron chi connectivity index (χ2n) is 6.16. The van der Waals surface area contributed by atoms with E-state index < -0.39 is 6.10 Å². The van der Waals surface area contributed by atoms with Crippen LogP contribution in [0.2, 0.25) is 0 Å². The van der Waals surface area contributed by atoms with E-state index in [1.54, 1.807) is 7.11 Å². The number of hydrogen-bond acceptors (Lipinski definition) is 5. The summed E-state index contributed by atoms with van der Waals surface area (Å²) in [6, 6.07) is 6.08. The standard InChI is InChI=1S/C17H24N2O3/c1-12-4-3-5-15-16(12)22-17(18-15)13-6-8-19(9-7-13)10-14(20)11-21-2/h3-5,13-14,20H,6-11H2,1-2H3/t14-/m0/s1. The van der Waals surface area contributed by atoms with Gasteiger partial charge in [-0.3, -0.25) is 0 Å². The van der Waals surface area contributed by atoms with Gasteiger partial charge in [0.1, 0.15) is 5.52 Å². The highest BCUT2D eigenvalue weighted by atomic mass is 16.5. The third-order valence-corrected chi connectivity index (χ3v) is 4.39. The summed E-state index contributed by atoms with van der Waals surface area (Å²) in [5.41, 5.74) is 3.00. The number of aliphatic hydroxyl groups excluding tert-OH is 1. The van der Waals surface area contributed by atoms with Crippen LogP contribution in [0.1, 0.15) is 30.2 Å². The Bertz CT molecular complexity index is 617. The van der Waals surface area contributed by atoms with Crippen LogP contribution >= 0.6 is 0 Å². The number of β-amino-alcohol motifs (C(OH)–C–C–N with tert-alkyl or cyclic N) is 1. The Morgan fingerprint density at radius 1 is 1.41 bits per heavy atom. The van der Waals surface area contributed by atoms with E-state index in [2.05, 4.69) is 22.9 Å². The highest BCUT2D eigenvalue weighted by Crippen LogP contribution is 2.30. The highest BCUT2D eigenvalue weighted by molar-refractivity contribution is 5.76. The van der Waals surface area contributed by atoms with Crippen LogP contribution in [0.4, 0.5) is 0 Å². The third kappa shape index (κ3) is 3.32. The molecule has 0 saturated carbocycles. The molecule has 0 bridgehead atoms. The summed E-state index contributed by atoms with van der Waals surface area (Å²) < 4.78 is 11.0. The zero-order chi connectivity index (χ0) is 15.5. The molecule has 5 heteroatoms. The van der Waals surface area contributed by atoms with Gasteiger partial charge in [0.2, 0.25) is 0 Å². The van der Waals surface area contributed by atoms with Gasteiger partial charge in [-0.15, -0.1) is 0 Å². The maximum Gasteiger partial charge on any atom is 0.198 e. The highest BCUT2D eigenvalue weighted by Gasteiger charge is 2.25. The summed E-state index contributed by atoms with van der Waals surface area (Å²) >= 11 is 0. The monoisotopic (exact) mass is 304 g/mol. The van der Waals surface area contributed by atoms with Crippen molar-refractivity contribution in [3.8, 4) is 0 Å². The van der Waals surface area contributed by atoms with Gasteiger partial charge in [0.15, 0.2) is 11.5 Å². The van der Waals surface area contributed by atoms with E-state index in [9.17, 15) is 5.11 Å². The van der Waals surface area contributed by atoms with Crippen LogP contribution in [-0.4, -0.2) is 54.4 Å². The second-order valence-corrected chi connectivity index (χ2v) is 6.16. The molecule has 0 amide bonds. The molecule has 1 aromatic carbocycles. The number of aliphatic hydroxyl groups is 1. The van der Waals surface area contributed by atoms with Crippen LogP contribution in [0.15, 0.2) is 22.6 Å². The van der Waals surface area contributed by atoms with Crippen LogP contribution in [0.5, 0.6) is 0 Å². The van der Waals surface area contributed by atoms with Gasteiger partial charge in [0.05, 0.1) is 12.7 Å². The first-order valence-corrected chi connectivity index (χ1v) is 7.92. The van der Waals surface area contributed by atoms with Crippen molar-refractivity contribution >= 4 is 11.1 Å². The van der Waals surface area contributed by atoms with Gasteiger partial charge in [-0.25, -0.2) is 4.98 Å². The van der Waals surface area contributed by atoms with Crippen LogP contribution < -0.4 is 0 Å². The molecule has 1 aliphatic rings. The molecule has 1 aliphatic heterocycles. The topological polar surface area (TPSA) is 58.7 Å². The van der Waals surface area contributed by atoms with E-state index in [-0.39, 0.29) is 0 Å². The number of aryl methyl sites for hydroxylation is 1. The molecule has 22 heavy (non-hydrogen) atoms. The van der Waals surface area contributed by atoms with E-state index in [1.807, 2.05) is 12.1 Å². The molecule has 1 aromatic heterocycles. The molecule has 1 saturated heterocycles. The summed E-state index contributed by atoms with van der Waals surface area (Å²) in [4.78, 5) is 6.94. The van der Waals surface area contributed by atoms with E-state index >= 15 is 0 Å². The fraction of sp³-hybridized carbons (Fsp3) is 0.588. The van der Waals surface area contributed by atoms with Crippen molar-refractivity contribution in [3.63, 3.8) is 0 Å². The Hall–Kier alpha value is -1.43. The SMILES string of the molecule is COC[C@@H](O)CN1CCC(c2nc3cccc(C)c3o2)CC1. The number of piperidine rings is 1. The molecule has 2 aromatic rings. The number of ether oxygens (including phenoxy) is 1. The third-order valence-electron chi connectivity index (χ3n) is 4.39. The molecule has 1 atom stereocenters. The van der Waals surface area contributed by atoms with Crippen molar-refractivity contribution in [2.75, 3.05) is 33.4 Å². The number of rotatable bonds is 5. The first kappa shape index (κ1) is 15.5. The van der Waals surface area contributed by atoms with Gasteiger partial charge in [0.25, 0.3) is 0 Å². The number of likely N-dealkylation sites (tertiary alicyclic amines) is 1. The van der Waals surface area contributed by atoms with Gasteiger partial charge in [-0.1, -0.05) is 12.1 Å². The predicted molar refractivity (Wildman–Crippen MR) is 85.0 cm³/mol. The van der Waals surface area contributed by atoms with Crippen molar-refractivity contribution in [3.05, 3.63) is 29.7 Å². The molecule has 120 valence electrons. The van der Waals surface area contributed by atoms with E-state index in [1.165, 1.54) is 0 Å². The smallest absolute Gasteiger partial charge is 0.198 e. The zero-order valence-corrected chi connectivity index (χ0v) is 13.3. The first-order chi connectivity index (χ1) is 10.7. The molecule has 3 rings (SSSR count). The average Bonchev–Trinajstić information content (AvgIpc) is 2.94. The maximum absolute atomic E-state index is 9.81. The average molecular weight is 304 g/mol. The molecular formula is C17H24N2O3. The number of para-hydroxylation sites is 1. The molecule has 0 spiro atoms. The van der Waals surface area contributed by atoms with E-state index in [0.29, 0.717) is 19.1 Å². The zero-order valence-electron chi connectivity index (χ0n) is 13.3. The lowest BCUT2D eigenvalue weighted by Crippen LogP contribution is -2.39. The minimum atomic E-state index is -0.409. The van der Waals surface area contributed by atoms with Crippen LogP contribution in [0.3, 0.4) is 0 Å². The fourth-order valence-electron chi connectivity index (χ4n) is 3.18. The van der Waals surface area contributed by atoms with Crippen molar-refractivity contribution in [1.82, 2.24) is 9.88 Å². The lowest BCUT2D eigenvalue weighted by molar-refractivity contribution is 0.0314. The lowest BCUT2D eigenvalue weighted by Gasteiger charge is -2.31. The van der Waals surface area contributed by atoms with Gasteiger partial charge < -0.3 is 19.2 Å². The second kappa shape index (κ2) is 6.77. The first-order valence-electron chi connectivity index (χ1n) is 7.92. The number of oxazole rings is 1. The van der Waals surface area contributed by atoms with Crippen molar-refractivity contribution < 1.29 is 14.3 Å². The number of nitrogens with zero attached hydrogens (tertiary/aromatic N) is 2. The molecular weight excluding hydrogens is 280 g/mol. The van der Waals surface area contributed by atoms with E-state index in [0.717, 1.165) is 48.5 Å². The summed E-state index contributed by atoms with van der Waals surface area (Å²) in [5, 5.41) is 9.81. The number of aromatic nitrogens is 1. The Morgan fingerprint density at radius 2 is 2.18 bits per heavy atom. The van der Waals surface area contributed by atoms with Crippen molar-refractivity contribution in [2.24, 2.45) is 0 Å². The summed E-state index contributed by atoms with van der Waals surface area (Å²) in [5.74, 6) is 1.24. The molecule has 1 fully saturated rings. The molecule has 5 nitrogen and oxygen atoms in total. The Balaban J connectivity index is 1.62. The van der Waals surface area contributed by atoms with Crippen LogP contribution in [0.25, 0.3) is 11.1 Å². The van der Waals surface area contributed by atoms with Gasteiger partial charge >= 0.3 is 0 Å². The van der Waals surface area contributed by atoms with Gasteiger partial charge in [-0.05, 0) is 44.5 Å². The molecule has 0 aliphatic carbocycles. The predicted octanol–water partition coefficient (Wildman–Crippen LogP) is 2.32. The quantitative estimate of drug-likeness (QED) is 0.918. The molecule has 2 heterocycles. The Labute approximate surface area is 130 Å². The van der Waals surface area contributed by atoms with E-state index in [4.69, 9.17) is 9.15 Å². The minimum Gasteiger partial charge on any atom is -0.440 e. The minimum absolute atomic E-state index is 0.377. The molecule has 1 N–H and O–H groups in total. The van der Waals surface area contributed by atoms with Gasteiger partial charge in [0, 0.05) is 19.6 Å². The number of hydrogen-bond donors (Lipinski definition) is 1. The Morgan fingerprint density at radius 3 is 2.86 bits per heavy atom. The molecule has 0 unspecified atom stereocenters.